The Morgan fingerprint density at radius 1 is 1.31 bits per heavy atom. The Hall–Kier alpha value is -1.08. The normalized spacial score (nSPS) is 16.2. The van der Waals surface area contributed by atoms with Crippen LogP contribution < -0.4 is 5.73 Å². The van der Waals surface area contributed by atoms with Gasteiger partial charge in [-0.05, 0) is 6.42 Å². The molecule has 1 aliphatic rings. The van der Waals surface area contributed by atoms with Crippen molar-refractivity contribution in [3.63, 3.8) is 0 Å². The first kappa shape index (κ1) is 14.9. The van der Waals surface area contributed by atoms with Crippen molar-refractivity contribution in [3.05, 3.63) is 0 Å². The molecular weight excluding hydrogens is 241 g/mol. The number of carboxylic acids is 2. The van der Waals surface area contributed by atoms with Crippen LogP contribution in [0.15, 0.2) is 0 Å². The van der Waals surface area contributed by atoms with Gasteiger partial charge in [0.05, 0.1) is 0 Å². The molecule has 0 saturated carbocycles. The van der Waals surface area contributed by atoms with Crippen molar-refractivity contribution >= 4 is 20.2 Å². The van der Waals surface area contributed by atoms with E-state index in [1.54, 1.807) is 0 Å². The summed E-state index contributed by atoms with van der Waals surface area (Å²) in [7, 11) is -1.72. The van der Waals surface area contributed by atoms with E-state index in [2.05, 4.69) is 9.05 Å². The summed E-state index contributed by atoms with van der Waals surface area (Å²) in [6.45, 7) is 0.963. The molecule has 92 valence electrons. The van der Waals surface area contributed by atoms with Crippen molar-refractivity contribution in [2.24, 2.45) is 5.73 Å². The minimum atomic E-state index is -1.72. The molecule has 0 aromatic carbocycles. The molecule has 0 bridgehead atoms. The van der Waals surface area contributed by atoms with Gasteiger partial charge in [-0.15, -0.1) is 9.05 Å². The van der Waals surface area contributed by atoms with Crippen molar-refractivity contribution in [1.29, 1.82) is 0 Å². The number of carboxylic acid groups (broad SMARTS) is 2. The maximum Gasteiger partial charge on any atom is 0.697 e. The quantitative estimate of drug-likeness (QED) is 0.594. The van der Waals surface area contributed by atoms with Crippen LogP contribution in [0, 0.1) is 0 Å². The average molecular weight is 254 g/mol. The van der Waals surface area contributed by atoms with Crippen LogP contribution in [0.3, 0.4) is 0 Å². The first-order valence-electron chi connectivity index (χ1n) is 4.36. The monoisotopic (exact) mass is 254 g/mol. The molecule has 1 aliphatic heterocycles. The third-order valence-electron chi connectivity index (χ3n) is 1.46. The number of nitrogens with two attached hydrogens (primary N) is 1. The highest BCUT2D eigenvalue weighted by molar-refractivity contribution is 7.33. The second kappa shape index (κ2) is 8.12. The maximum absolute atomic E-state index is 9.99. The molecule has 4 N–H and O–H groups in total. The highest BCUT2D eigenvalue weighted by Gasteiger charge is 2.26. The van der Waals surface area contributed by atoms with E-state index >= 15 is 0 Å². The number of rotatable bonds is 4. The molecular formula is C7H13NO7P+. The zero-order valence-corrected chi connectivity index (χ0v) is 9.26. The molecule has 1 unspecified atom stereocenters. The van der Waals surface area contributed by atoms with Crippen LogP contribution in [0.4, 0.5) is 0 Å². The Bertz CT molecular complexity index is 261. The minimum absolute atomic E-state index is 0.0231. The molecule has 16 heavy (non-hydrogen) atoms. The zero-order chi connectivity index (χ0) is 12.6. The van der Waals surface area contributed by atoms with E-state index in [4.69, 9.17) is 15.9 Å². The second-order valence-electron chi connectivity index (χ2n) is 2.77. The lowest BCUT2D eigenvalue weighted by Gasteiger charge is -2.01. The average Bonchev–Trinajstić information content (AvgIpc) is 2.66. The Balaban J connectivity index is 0.000000315. The fourth-order valence-corrected chi connectivity index (χ4v) is 1.19. The van der Waals surface area contributed by atoms with E-state index in [9.17, 15) is 14.2 Å². The first-order chi connectivity index (χ1) is 7.43. The van der Waals surface area contributed by atoms with E-state index < -0.39 is 26.2 Å². The van der Waals surface area contributed by atoms with Gasteiger partial charge in [-0.25, -0.2) is 0 Å². The molecule has 0 spiro atoms. The standard InChI is InChI=1S/C5H9NO4.C2H4O3P/c6-3(5(9)10)1-2-4(7)8;3-6-4-1-2-5-6/h3H,1-2,6H2,(H,7,8)(H,9,10);1-2H2/q;+1. The van der Waals surface area contributed by atoms with Crippen LogP contribution >= 0.6 is 8.25 Å². The fraction of sp³-hybridized carbons (Fsp3) is 0.714. The van der Waals surface area contributed by atoms with Crippen molar-refractivity contribution in [3.8, 4) is 0 Å². The number of hydrogen-bond acceptors (Lipinski definition) is 6. The topological polar surface area (TPSA) is 136 Å². The predicted octanol–water partition coefficient (Wildman–Crippen LogP) is -0.0463. The lowest BCUT2D eigenvalue weighted by atomic mass is 10.2. The van der Waals surface area contributed by atoms with Gasteiger partial charge in [0.25, 0.3) is 0 Å². The Morgan fingerprint density at radius 2 is 1.81 bits per heavy atom. The Morgan fingerprint density at radius 3 is 2.06 bits per heavy atom. The van der Waals surface area contributed by atoms with Gasteiger partial charge in [-0.2, -0.15) is 0 Å². The van der Waals surface area contributed by atoms with Crippen molar-refractivity contribution in [2.75, 3.05) is 13.2 Å². The van der Waals surface area contributed by atoms with Gasteiger partial charge in [0.15, 0.2) is 0 Å². The van der Waals surface area contributed by atoms with E-state index in [1.165, 1.54) is 0 Å². The van der Waals surface area contributed by atoms with Crippen LogP contribution in [0.1, 0.15) is 12.8 Å². The molecule has 8 nitrogen and oxygen atoms in total. The van der Waals surface area contributed by atoms with Crippen LogP contribution in [-0.2, 0) is 23.2 Å². The SMILES string of the molecule is NC(CCC(=O)O)C(=O)O.O=[P+]1OCCO1. The summed E-state index contributed by atoms with van der Waals surface area (Å²) in [6, 6.07) is -1.06. The lowest BCUT2D eigenvalue weighted by molar-refractivity contribution is -0.139. The third-order valence-corrected chi connectivity index (χ3v) is 2.25. The van der Waals surface area contributed by atoms with Gasteiger partial charge in [0.2, 0.25) is 0 Å². The van der Waals surface area contributed by atoms with Crippen LogP contribution in [-0.4, -0.2) is 41.4 Å². The maximum atomic E-state index is 9.99. The summed E-state index contributed by atoms with van der Waals surface area (Å²) in [5.41, 5.74) is 5.00. The number of hydrogen-bond donors (Lipinski definition) is 3. The largest absolute Gasteiger partial charge is 0.697 e. The van der Waals surface area contributed by atoms with Crippen LogP contribution in [0.5, 0.6) is 0 Å². The zero-order valence-electron chi connectivity index (χ0n) is 8.37. The molecule has 0 aromatic rings. The van der Waals surface area contributed by atoms with Crippen molar-refractivity contribution < 1.29 is 33.4 Å². The molecule has 1 heterocycles. The third kappa shape index (κ3) is 8.25. The van der Waals surface area contributed by atoms with E-state index in [-0.39, 0.29) is 12.8 Å². The van der Waals surface area contributed by atoms with E-state index in [0.717, 1.165) is 0 Å². The molecule has 9 heteroatoms. The van der Waals surface area contributed by atoms with Crippen LogP contribution in [0.25, 0.3) is 0 Å². The Kier molecular flexibility index (Phi) is 7.57. The minimum Gasteiger partial charge on any atom is -0.481 e. The van der Waals surface area contributed by atoms with Crippen molar-refractivity contribution in [1.82, 2.24) is 0 Å². The number of carbonyl (C=O) groups is 2. The second-order valence-corrected chi connectivity index (χ2v) is 3.73. The van der Waals surface area contributed by atoms with Gasteiger partial charge in [-0.1, -0.05) is 0 Å². The molecule has 1 rings (SSSR count). The molecule has 0 aromatic heterocycles. The first-order valence-corrected chi connectivity index (χ1v) is 5.46. The number of aliphatic carboxylic acids is 2. The smallest absolute Gasteiger partial charge is 0.481 e. The molecule has 1 saturated heterocycles. The summed E-state index contributed by atoms with van der Waals surface area (Å²) in [4.78, 5) is 19.9. The summed E-state index contributed by atoms with van der Waals surface area (Å²) < 4.78 is 18.8. The molecule has 0 aliphatic carbocycles. The van der Waals surface area contributed by atoms with Gasteiger partial charge in [-0.3, -0.25) is 9.59 Å². The van der Waals surface area contributed by atoms with Gasteiger partial charge in [0.1, 0.15) is 19.3 Å². The highest BCUT2D eigenvalue weighted by Crippen LogP contribution is 2.27. The van der Waals surface area contributed by atoms with Crippen LogP contribution in [0.2, 0.25) is 0 Å². The lowest BCUT2D eigenvalue weighted by Crippen LogP contribution is -2.30. The van der Waals surface area contributed by atoms with Gasteiger partial charge < -0.3 is 15.9 Å². The summed E-state index contributed by atoms with van der Waals surface area (Å²) >= 11 is 0. The van der Waals surface area contributed by atoms with Crippen molar-refractivity contribution in [2.45, 2.75) is 18.9 Å². The van der Waals surface area contributed by atoms with Gasteiger partial charge in [0, 0.05) is 11.0 Å². The summed E-state index contributed by atoms with van der Waals surface area (Å²) in [5, 5.41) is 16.3. The summed E-state index contributed by atoms with van der Waals surface area (Å²) in [5.74, 6) is -2.20. The fourth-order valence-electron chi connectivity index (χ4n) is 0.663. The van der Waals surface area contributed by atoms with Gasteiger partial charge >= 0.3 is 20.2 Å². The summed E-state index contributed by atoms with van der Waals surface area (Å²) in [6.07, 6.45) is -0.224. The Labute approximate surface area is 92.3 Å². The molecule has 1 atom stereocenters. The molecule has 1 fully saturated rings. The van der Waals surface area contributed by atoms with E-state index in [0.29, 0.717) is 13.2 Å². The molecule has 0 radical (unpaired) electrons. The predicted molar refractivity (Wildman–Crippen MR) is 52.0 cm³/mol. The van der Waals surface area contributed by atoms with E-state index in [1.807, 2.05) is 0 Å². The highest BCUT2D eigenvalue weighted by atomic mass is 31.1. The molecule has 0 amide bonds.